The van der Waals surface area contributed by atoms with E-state index in [-0.39, 0.29) is 13.2 Å². The molecule has 0 heterocycles. The maximum Gasteiger partial charge on any atom is 0.0681 e. The zero-order valence-corrected chi connectivity index (χ0v) is 10.8. The van der Waals surface area contributed by atoms with E-state index in [1.54, 1.807) is 0 Å². The summed E-state index contributed by atoms with van der Waals surface area (Å²) in [7, 11) is 0. The average Bonchev–Trinajstić information content (AvgIpc) is 2.35. The van der Waals surface area contributed by atoms with Crippen LogP contribution in [-0.4, -0.2) is 34.3 Å². The van der Waals surface area contributed by atoms with Crippen LogP contribution >= 0.6 is 0 Å². The molecular weight excluding hydrogens is 214 g/mol. The van der Waals surface area contributed by atoms with Crippen molar-refractivity contribution in [2.75, 3.05) is 13.2 Å². The van der Waals surface area contributed by atoms with Gasteiger partial charge in [0.1, 0.15) is 0 Å². The molecule has 0 aromatic heterocycles. The molecule has 0 aliphatic heterocycles. The van der Waals surface area contributed by atoms with E-state index < -0.39 is 0 Å². The molecule has 17 heavy (non-hydrogen) atoms. The van der Waals surface area contributed by atoms with Crippen LogP contribution in [0.4, 0.5) is 0 Å². The molecule has 0 spiro atoms. The molecule has 96 valence electrons. The van der Waals surface area contributed by atoms with Crippen molar-refractivity contribution in [2.45, 2.75) is 39.5 Å². The van der Waals surface area contributed by atoms with Crippen molar-refractivity contribution in [1.82, 2.24) is 4.90 Å². The highest BCUT2D eigenvalue weighted by molar-refractivity contribution is 5.21. The molecule has 0 radical (unpaired) electrons. The van der Waals surface area contributed by atoms with E-state index in [9.17, 15) is 0 Å². The Morgan fingerprint density at radius 2 is 1.65 bits per heavy atom. The summed E-state index contributed by atoms with van der Waals surface area (Å²) in [4.78, 5) is 2.34. The summed E-state index contributed by atoms with van der Waals surface area (Å²) >= 11 is 0. The molecule has 0 saturated heterocycles. The molecule has 1 aromatic rings. The lowest BCUT2D eigenvalue weighted by atomic mass is 10.1. The molecule has 0 amide bonds. The van der Waals surface area contributed by atoms with Crippen LogP contribution in [0.5, 0.6) is 0 Å². The van der Waals surface area contributed by atoms with Gasteiger partial charge in [-0.3, -0.25) is 4.90 Å². The third-order valence-corrected chi connectivity index (χ3v) is 2.92. The normalized spacial score (nSPS) is 11.4. The molecule has 3 nitrogen and oxygen atoms in total. The van der Waals surface area contributed by atoms with Gasteiger partial charge in [0.05, 0.1) is 6.61 Å². The topological polar surface area (TPSA) is 43.7 Å². The van der Waals surface area contributed by atoms with Crippen LogP contribution < -0.4 is 0 Å². The Kier molecular flexibility index (Phi) is 6.19. The molecule has 1 rings (SSSR count). The molecule has 0 saturated carbocycles. The zero-order chi connectivity index (χ0) is 12.7. The molecule has 0 fully saturated rings. The first kappa shape index (κ1) is 14.2. The third kappa shape index (κ3) is 4.86. The number of hydrogen-bond donors (Lipinski definition) is 2. The molecule has 1 aromatic carbocycles. The van der Waals surface area contributed by atoms with Crippen molar-refractivity contribution in [3.63, 3.8) is 0 Å². The molecular formula is C14H23NO2. The van der Waals surface area contributed by atoms with Crippen molar-refractivity contribution in [1.29, 1.82) is 0 Å². The first-order valence-corrected chi connectivity index (χ1v) is 6.21. The first-order chi connectivity index (χ1) is 8.17. The number of hydrogen-bond acceptors (Lipinski definition) is 3. The fourth-order valence-corrected chi connectivity index (χ4v) is 1.78. The van der Waals surface area contributed by atoms with Crippen LogP contribution in [0.15, 0.2) is 24.3 Å². The lowest BCUT2D eigenvalue weighted by Gasteiger charge is -2.26. The van der Waals surface area contributed by atoms with Gasteiger partial charge in [0.15, 0.2) is 0 Å². The Balaban J connectivity index is 2.58. The Bertz CT molecular complexity index is 309. The SMILES string of the molecule is CC(C)N(CCCO)Cc1ccc(CO)cc1. The minimum absolute atomic E-state index is 0.0959. The Labute approximate surface area is 104 Å². The number of nitrogens with zero attached hydrogens (tertiary/aromatic N) is 1. The van der Waals surface area contributed by atoms with Crippen LogP contribution in [0.1, 0.15) is 31.4 Å². The van der Waals surface area contributed by atoms with Gasteiger partial charge in [0, 0.05) is 25.7 Å². The third-order valence-electron chi connectivity index (χ3n) is 2.92. The van der Waals surface area contributed by atoms with Gasteiger partial charge >= 0.3 is 0 Å². The monoisotopic (exact) mass is 237 g/mol. The van der Waals surface area contributed by atoms with Gasteiger partial charge in [0.25, 0.3) is 0 Å². The molecule has 0 bridgehead atoms. The Morgan fingerprint density at radius 1 is 1.06 bits per heavy atom. The quantitative estimate of drug-likeness (QED) is 0.759. The van der Waals surface area contributed by atoms with Crippen molar-refractivity contribution in [3.05, 3.63) is 35.4 Å². The van der Waals surface area contributed by atoms with Gasteiger partial charge in [-0.15, -0.1) is 0 Å². The highest BCUT2D eigenvalue weighted by Gasteiger charge is 2.09. The van der Waals surface area contributed by atoms with Crippen molar-refractivity contribution < 1.29 is 10.2 Å². The zero-order valence-electron chi connectivity index (χ0n) is 10.8. The number of aliphatic hydroxyl groups excluding tert-OH is 2. The first-order valence-electron chi connectivity index (χ1n) is 6.21. The van der Waals surface area contributed by atoms with Crippen LogP contribution in [0.2, 0.25) is 0 Å². The van der Waals surface area contributed by atoms with E-state index in [0.717, 1.165) is 25.1 Å². The lowest BCUT2D eigenvalue weighted by Crippen LogP contribution is -2.31. The minimum atomic E-state index is 0.0959. The van der Waals surface area contributed by atoms with E-state index in [1.165, 1.54) is 5.56 Å². The fraction of sp³-hybridized carbons (Fsp3) is 0.571. The lowest BCUT2D eigenvalue weighted by molar-refractivity contribution is 0.185. The summed E-state index contributed by atoms with van der Waals surface area (Å²) in [5.74, 6) is 0. The van der Waals surface area contributed by atoms with E-state index >= 15 is 0 Å². The summed E-state index contributed by atoms with van der Waals surface area (Å²) in [6.45, 7) is 6.48. The predicted octanol–water partition coefficient (Wildman–Crippen LogP) is 1.77. The number of aliphatic hydroxyl groups is 2. The van der Waals surface area contributed by atoms with E-state index in [2.05, 4.69) is 30.9 Å². The Hall–Kier alpha value is -0.900. The highest BCUT2D eigenvalue weighted by atomic mass is 16.3. The summed E-state index contributed by atoms with van der Waals surface area (Å²) in [6.07, 6.45) is 0.812. The fourth-order valence-electron chi connectivity index (χ4n) is 1.78. The molecule has 3 heteroatoms. The Morgan fingerprint density at radius 3 is 2.12 bits per heavy atom. The predicted molar refractivity (Wildman–Crippen MR) is 69.6 cm³/mol. The van der Waals surface area contributed by atoms with E-state index in [1.807, 2.05) is 12.1 Å². The largest absolute Gasteiger partial charge is 0.396 e. The maximum atomic E-state index is 8.98. The standard InChI is InChI=1S/C14H23NO2/c1-12(2)15(8-3-9-16)10-13-4-6-14(11-17)7-5-13/h4-7,12,16-17H,3,8-11H2,1-2H3. The summed E-state index contributed by atoms with van der Waals surface area (Å²) in [5, 5.41) is 17.9. The van der Waals surface area contributed by atoms with Crippen molar-refractivity contribution in [2.24, 2.45) is 0 Å². The second kappa shape index (κ2) is 7.43. The number of rotatable bonds is 7. The average molecular weight is 237 g/mol. The van der Waals surface area contributed by atoms with Crippen LogP contribution in [0.25, 0.3) is 0 Å². The van der Waals surface area contributed by atoms with Gasteiger partial charge in [-0.2, -0.15) is 0 Å². The smallest absolute Gasteiger partial charge is 0.0681 e. The van der Waals surface area contributed by atoms with E-state index in [0.29, 0.717) is 6.04 Å². The van der Waals surface area contributed by atoms with E-state index in [4.69, 9.17) is 10.2 Å². The maximum absolute atomic E-state index is 8.98. The molecule has 0 unspecified atom stereocenters. The molecule has 2 N–H and O–H groups in total. The summed E-state index contributed by atoms with van der Waals surface area (Å²) in [5.41, 5.74) is 2.19. The molecule has 0 atom stereocenters. The van der Waals surface area contributed by atoms with Gasteiger partial charge in [-0.05, 0) is 31.4 Å². The van der Waals surface area contributed by atoms with Crippen LogP contribution in [0, 0.1) is 0 Å². The van der Waals surface area contributed by atoms with Gasteiger partial charge in [0.2, 0.25) is 0 Å². The second-order valence-corrected chi connectivity index (χ2v) is 4.62. The molecule has 0 aliphatic rings. The van der Waals surface area contributed by atoms with Gasteiger partial charge < -0.3 is 10.2 Å². The van der Waals surface area contributed by atoms with Gasteiger partial charge in [-0.1, -0.05) is 24.3 Å². The van der Waals surface area contributed by atoms with Crippen molar-refractivity contribution >= 4 is 0 Å². The number of benzene rings is 1. The molecule has 0 aliphatic carbocycles. The summed E-state index contributed by atoms with van der Waals surface area (Å²) in [6, 6.07) is 8.50. The van der Waals surface area contributed by atoms with Crippen molar-refractivity contribution in [3.8, 4) is 0 Å². The second-order valence-electron chi connectivity index (χ2n) is 4.62. The van der Waals surface area contributed by atoms with Crippen LogP contribution in [0.3, 0.4) is 0 Å². The van der Waals surface area contributed by atoms with Gasteiger partial charge in [-0.25, -0.2) is 0 Å². The van der Waals surface area contributed by atoms with Crippen LogP contribution in [-0.2, 0) is 13.2 Å². The minimum Gasteiger partial charge on any atom is -0.396 e. The summed E-state index contributed by atoms with van der Waals surface area (Å²) < 4.78 is 0. The highest BCUT2D eigenvalue weighted by Crippen LogP contribution is 2.10.